The van der Waals surface area contributed by atoms with Crippen LogP contribution in [0.4, 0.5) is 4.79 Å². The standard InChI is InChI=1S/C18H26N2O2/c1-12-9-17(10-13(2)22-12)20-18(21)19-11-14-3-5-15(6-4-14)16-7-8-16/h3-6,12-13,16-17H,7-11H2,1-2H3,(H2,19,20,21)/t12-,13-/m0/s1. The minimum atomic E-state index is -0.0856. The summed E-state index contributed by atoms with van der Waals surface area (Å²) in [6, 6.07) is 8.73. The lowest BCUT2D eigenvalue weighted by Gasteiger charge is -2.32. The molecule has 1 aliphatic carbocycles. The van der Waals surface area contributed by atoms with E-state index >= 15 is 0 Å². The fourth-order valence-electron chi connectivity index (χ4n) is 3.27. The zero-order valence-electron chi connectivity index (χ0n) is 13.5. The molecule has 0 bridgehead atoms. The Morgan fingerprint density at radius 2 is 1.77 bits per heavy atom. The largest absolute Gasteiger partial charge is 0.375 e. The van der Waals surface area contributed by atoms with Gasteiger partial charge in [0.05, 0.1) is 12.2 Å². The average Bonchev–Trinajstić information content (AvgIpc) is 3.29. The van der Waals surface area contributed by atoms with E-state index in [0.29, 0.717) is 6.54 Å². The minimum absolute atomic E-state index is 0.0856. The van der Waals surface area contributed by atoms with E-state index in [2.05, 4.69) is 48.7 Å². The lowest BCUT2D eigenvalue weighted by molar-refractivity contribution is -0.0402. The first-order valence-corrected chi connectivity index (χ1v) is 8.39. The zero-order valence-corrected chi connectivity index (χ0v) is 13.5. The number of hydrogen-bond acceptors (Lipinski definition) is 2. The van der Waals surface area contributed by atoms with Crippen molar-refractivity contribution < 1.29 is 9.53 Å². The maximum atomic E-state index is 12.0. The van der Waals surface area contributed by atoms with E-state index in [0.717, 1.165) is 24.3 Å². The van der Waals surface area contributed by atoms with Crippen LogP contribution in [0.25, 0.3) is 0 Å². The van der Waals surface area contributed by atoms with Gasteiger partial charge in [0.2, 0.25) is 0 Å². The zero-order chi connectivity index (χ0) is 15.5. The Hall–Kier alpha value is -1.55. The monoisotopic (exact) mass is 302 g/mol. The molecule has 2 atom stereocenters. The van der Waals surface area contributed by atoms with Crippen LogP contribution in [0.3, 0.4) is 0 Å². The second-order valence-electron chi connectivity index (χ2n) is 6.77. The summed E-state index contributed by atoms with van der Waals surface area (Å²) < 4.78 is 5.69. The van der Waals surface area contributed by atoms with Crippen LogP contribution in [0, 0.1) is 0 Å². The Balaban J connectivity index is 1.43. The number of benzene rings is 1. The van der Waals surface area contributed by atoms with Crippen LogP contribution in [-0.4, -0.2) is 24.3 Å². The van der Waals surface area contributed by atoms with E-state index in [1.165, 1.54) is 18.4 Å². The molecule has 2 aliphatic rings. The maximum Gasteiger partial charge on any atom is 0.315 e. The second kappa shape index (κ2) is 6.69. The van der Waals surface area contributed by atoms with Crippen LogP contribution in [0.5, 0.6) is 0 Å². The lowest BCUT2D eigenvalue weighted by atomic mass is 10.0. The van der Waals surface area contributed by atoms with Gasteiger partial charge in [-0.1, -0.05) is 24.3 Å². The van der Waals surface area contributed by atoms with E-state index in [9.17, 15) is 4.79 Å². The fourth-order valence-corrected chi connectivity index (χ4v) is 3.27. The van der Waals surface area contributed by atoms with Crippen molar-refractivity contribution in [2.75, 3.05) is 0 Å². The Morgan fingerprint density at radius 1 is 1.14 bits per heavy atom. The van der Waals surface area contributed by atoms with Gasteiger partial charge in [0.15, 0.2) is 0 Å². The van der Waals surface area contributed by atoms with E-state index in [1.54, 1.807) is 0 Å². The Kier molecular flexibility index (Phi) is 4.67. The number of urea groups is 1. The molecule has 1 aromatic carbocycles. The SMILES string of the molecule is C[C@H]1CC(NC(=O)NCc2ccc(C3CC3)cc2)C[C@H](C)O1. The lowest BCUT2D eigenvalue weighted by Crippen LogP contribution is -2.47. The number of nitrogens with one attached hydrogen (secondary N) is 2. The van der Waals surface area contributed by atoms with Gasteiger partial charge >= 0.3 is 6.03 Å². The molecule has 4 heteroatoms. The van der Waals surface area contributed by atoms with E-state index in [-0.39, 0.29) is 24.3 Å². The normalized spacial score (nSPS) is 28.2. The number of hydrogen-bond donors (Lipinski definition) is 2. The molecule has 1 heterocycles. The fraction of sp³-hybridized carbons (Fsp3) is 0.611. The third-order valence-electron chi connectivity index (χ3n) is 4.51. The Bertz CT molecular complexity index is 500. The molecule has 2 N–H and O–H groups in total. The topological polar surface area (TPSA) is 50.4 Å². The van der Waals surface area contributed by atoms with Gasteiger partial charge in [-0.15, -0.1) is 0 Å². The number of carbonyl (C=O) groups excluding carboxylic acids is 1. The molecule has 0 aromatic heterocycles. The predicted octanol–water partition coefficient (Wildman–Crippen LogP) is 3.32. The first-order valence-electron chi connectivity index (χ1n) is 8.39. The number of amides is 2. The van der Waals surface area contributed by atoms with Gasteiger partial charge in [-0.3, -0.25) is 0 Å². The Morgan fingerprint density at radius 3 is 2.36 bits per heavy atom. The summed E-state index contributed by atoms with van der Waals surface area (Å²) in [5.41, 5.74) is 2.58. The van der Waals surface area contributed by atoms with Gasteiger partial charge in [-0.25, -0.2) is 4.79 Å². The number of carbonyl (C=O) groups is 1. The van der Waals surface area contributed by atoms with Crippen molar-refractivity contribution in [3.05, 3.63) is 35.4 Å². The molecule has 0 spiro atoms. The number of rotatable bonds is 4. The maximum absolute atomic E-state index is 12.0. The van der Waals surface area contributed by atoms with Crippen molar-refractivity contribution in [3.63, 3.8) is 0 Å². The van der Waals surface area contributed by atoms with E-state index in [1.807, 2.05) is 0 Å². The molecule has 4 nitrogen and oxygen atoms in total. The average molecular weight is 302 g/mol. The van der Waals surface area contributed by atoms with Gasteiger partial charge in [0.1, 0.15) is 0 Å². The first-order chi connectivity index (χ1) is 10.6. The van der Waals surface area contributed by atoms with Crippen molar-refractivity contribution in [1.29, 1.82) is 0 Å². The smallest absolute Gasteiger partial charge is 0.315 e. The molecule has 0 radical (unpaired) electrons. The van der Waals surface area contributed by atoms with Gasteiger partial charge in [-0.2, -0.15) is 0 Å². The summed E-state index contributed by atoms with van der Waals surface area (Å²) in [7, 11) is 0. The van der Waals surface area contributed by atoms with Crippen LogP contribution in [0.15, 0.2) is 24.3 Å². The second-order valence-corrected chi connectivity index (χ2v) is 6.77. The number of ether oxygens (including phenoxy) is 1. The van der Waals surface area contributed by atoms with Crippen molar-refractivity contribution in [2.24, 2.45) is 0 Å². The molecule has 1 saturated heterocycles. The molecule has 22 heavy (non-hydrogen) atoms. The summed E-state index contributed by atoms with van der Waals surface area (Å²) in [6.07, 6.45) is 4.83. The molecular formula is C18H26N2O2. The third kappa shape index (κ3) is 4.23. The van der Waals surface area contributed by atoms with Crippen molar-refractivity contribution >= 4 is 6.03 Å². The van der Waals surface area contributed by atoms with Gasteiger partial charge in [0.25, 0.3) is 0 Å². The summed E-state index contributed by atoms with van der Waals surface area (Å²) in [5, 5.41) is 6.01. The van der Waals surface area contributed by atoms with Crippen LogP contribution < -0.4 is 10.6 Å². The van der Waals surface area contributed by atoms with E-state index < -0.39 is 0 Å². The summed E-state index contributed by atoms with van der Waals surface area (Å²) >= 11 is 0. The molecule has 3 rings (SSSR count). The van der Waals surface area contributed by atoms with Crippen LogP contribution in [0.1, 0.15) is 56.6 Å². The summed E-state index contributed by atoms with van der Waals surface area (Å²) in [6.45, 7) is 4.69. The highest BCUT2D eigenvalue weighted by Crippen LogP contribution is 2.39. The predicted molar refractivity (Wildman–Crippen MR) is 86.8 cm³/mol. The van der Waals surface area contributed by atoms with Gasteiger partial charge in [0, 0.05) is 12.6 Å². The molecule has 120 valence electrons. The van der Waals surface area contributed by atoms with Crippen molar-refractivity contribution in [2.45, 2.75) is 70.2 Å². The summed E-state index contributed by atoms with van der Waals surface area (Å²) in [4.78, 5) is 12.0. The minimum Gasteiger partial charge on any atom is -0.375 e. The third-order valence-corrected chi connectivity index (χ3v) is 4.51. The first kappa shape index (κ1) is 15.3. The molecular weight excluding hydrogens is 276 g/mol. The van der Waals surface area contributed by atoms with Gasteiger partial charge in [-0.05, 0) is 56.6 Å². The molecule has 1 aromatic rings. The molecule has 2 fully saturated rings. The van der Waals surface area contributed by atoms with Crippen LogP contribution >= 0.6 is 0 Å². The van der Waals surface area contributed by atoms with E-state index in [4.69, 9.17) is 4.74 Å². The highest BCUT2D eigenvalue weighted by atomic mass is 16.5. The van der Waals surface area contributed by atoms with Gasteiger partial charge < -0.3 is 15.4 Å². The summed E-state index contributed by atoms with van der Waals surface area (Å²) in [5.74, 6) is 0.780. The quantitative estimate of drug-likeness (QED) is 0.896. The van der Waals surface area contributed by atoms with Crippen LogP contribution in [0.2, 0.25) is 0 Å². The highest BCUT2D eigenvalue weighted by molar-refractivity contribution is 5.74. The molecule has 1 saturated carbocycles. The molecule has 0 unspecified atom stereocenters. The highest BCUT2D eigenvalue weighted by Gasteiger charge is 2.25. The molecule has 1 aliphatic heterocycles. The Labute approximate surface area is 132 Å². The van der Waals surface area contributed by atoms with Crippen LogP contribution in [-0.2, 0) is 11.3 Å². The molecule has 2 amide bonds. The van der Waals surface area contributed by atoms with Crippen molar-refractivity contribution in [3.8, 4) is 0 Å². The van der Waals surface area contributed by atoms with Crippen molar-refractivity contribution in [1.82, 2.24) is 10.6 Å².